The third-order valence-electron chi connectivity index (χ3n) is 2.60. The molecule has 5 nitrogen and oxygen atoms in total. The summed E-state index contributed by atoms with van der Waals surface area (Å²) < 4.78 is 0. The van der Waals surface area contributed by atoms with Crippen LogP contribution in [0.25, 0.3) is 0 Å². The lowest BCUT2D eigenvalue weighted by atomic mass is 9.95. The average molecular weight is 223 g/mol. The number of likely N-dealkylation sites (tertiary alicyclic amines) is 1. The molecule has 0 radical (unpaired) electrons. The molecule has 2 rings (SSSR count). The zero-order valence-corrected chi connectivity index (χ0v) is 8.84. The maximum absolute atomic E-state index is 11.8. The Hall–Kier alpha value is -1.75. The summed E-state index contributed by atoms with van der Waals surface area (Å²) in [6.45, 7) is 2.11. The van der Waals surface area contributed by atoms with Crippen molar-refractivity contribution in [2.75, 3.05) is 13.1 Å². The van der Waals surface area contributed by atoms with E-state index < -0.39 is 11.4 Å². The van der Waals surface area contributed by atoms with E-state index in [1.807, 2.05) is 0 Å². The van der Waals surface area contributed by atoms with Crippen molar-refractivity contribution in [1.29, 1.82) is 0 Å². The summed E-state index contributed by atoms with van der Waals surface area (Å²) in [5.41, 5.74) is -0.794. The fraction of sp³-hybridized carbons (Fsp3) is 0.364. The number of hydrogen-bond acceptors (Lipinski definition) is 4. The average Bonchev–Trinajstić information content (AvgIpc) is 2.17. The lowest BCUT2D eigenvalue weighted by Gasteiger charge is -2.44. The molecule has 1 aliphatic rings. The van der Waals surface area contributed by atoms with E-state index in [9.17, 15) is 20.1 Å². The van der Waals surface area contributed by atoms with Gasteiger partial charge in [0.15, 0.2) is 11.5 Å². The number of carbonyl (C=O) groups excluding carboxylic acids is 1. The van der Waals surface area contributed by atoms with Crippen LogP contribution in [0.3, 0.4) is 0 Å². The topological polar surface area (TPSA) is 81.0 Å². The zero-order valence-electron chi connectivity index (χ0n) is 8.84. The summed E-state index contributed by atoms with van der Waals surface area (Å²) in [5.74, 6) is -1.13. The van der Waals surface area contributed by atoms with Gasteiger partial charge in [0.25, 0.3) is 5.91 Å². The summed E-state index contributed by atoms with van der Waals surface area (Å²) >= 11 is 0. The molecule has 1 saturated heterocycles. The van der Waals surface area contributed by atoms with E-state index in [0.29, 0.717) is 0 Å². The van der Waals surface area contributed by atoms with E-state index in [2.05, 4.69) is 0 Å². The number of benzene rings is 1. The first-order valence-electron chi connectivity index (χ1n) is 4.93. The number of nitrogens with zero attached hydrogens (tertiary/aromatic N) is 1. The molecule has 0 atom stereocenters. The number of aromatic hydroxyl groups is 2. The molecule has 0 unspecified atom stereocenters. The largest absolute Gasteiger partial charge is 0.504 e. The number of β-amino-alcohol motifs (C(OH)–C–C–N with tert-alkyl or cyclic N) is 1. The predicted octanol–water partition coefficient (Wildman–Crippen LogP) is 0.305. The molecule has 1 aromatic rings. The smallest absolute Gasteiger partial charge is 0.257 e. The number of amides is 1. The van der Waals surface area contributed by atoms with E-state index in [-0.39, 0.29) is 30.3 Å². The molecule has 1 aromatic carbocycles. The maximum atomic E-state index is 11.8. The van der Waals surface area contributed by atoms with E-state index in [0.717, 1.165) is 0 Å². The SMILES string of the molecule is CC1(O)CN(C(=O)c2cccc(O)c2O)C1. The molecule has 1 heterocycles. The Morgan fingerprint density at radius 2 is 2.00 bits per heavy atom. The number of phenols is 2. The van der Waals surface area contributed by atoms with Gasteiger partial charge in [-0.15, -0.1) is 0 Å². The van der Waals surface area contributed by atoms with Gasteiger partial charge < -0.3 is 20.2 Å². The van der Waals surface area contributed by atoms with Crippen molar-refractivity contribution >= 4 is 5.91 Å². The highest BCUT2D eigenvalue weighted by Gasteiger charge is 2.40. The van der Waals surface area contributed by atoms with Gasteiger partial charge in [0.2, 0.25) is 0 Å². The first-order valence-corrected chi connectivity index (χ1v) is 4.93. The first kappa shape index (κ1) is 10.8. The molecule has 86 valence electrons. The molecule has 0 spiro atoms. The molecule has 3 N–H and O–H groups in total. The molecule has 5 heteroatoms. The number of phenolic OH excluding ortho intramolecular Hbond substituents is 2. The minimum Gasteiger partial charge on any atom is -0.504 e. The Labute approximate surface area is 92.6 Å². The van der Waals surface area contributed by atoms with Gasteiger partial charge in [-0.3, -0.25) is 4.79 Å². The van der Waals surface area contributed by atoms with Crippen LogP contribution in [0.15, 0.2) is 18.2 Å². The number of para-hydroxylation sites is 1. The van der Waals surface area contributed by atoms with Gasteiger partial charge in [0.1, 0.15) is 0 Å². The molecular weight excluding hydrogens is 210 g/mol. The van der Waals surface area contributed by atoms with Crippen molar-refractivity contribution < 1.29 is 20.1 Å². The lowest BCUT2D eigenvalue weighted by molar-refractivity contribution is -0.0669. The summed E-state index contributed by atoms with van der Waals surface area (Å²) in [6, 6.07) is 4.23. The van der Waals surface area contributed by atoms with Crippen LogP contribution < -0.4 is 0 Å². The number of aliphatic hydroxyl groups is 1. The van der Waals surface area contributed by atoms with Gasteiger partial charge >= 0.3 is 0 Å². The third-order valence-corrected chi connectivity index (χ3v) is 2.60. The molecule has 1 fully saturated rings. The van der Waals surface area contributed by atoms with Crippen LogP contribution in [-0.2, 0) is 0 Å². The van der Waals surface area contributed by atoms with Gasteiger partial charge in [-0.1, -0.05) is 6.07 Å². The van der Waals surface area contributed by atoms with E-state index in [1.165, 1.54) is 23.1 Å². The Bertz CT molecular complexity index is 434. The molecule has 0 bridgehead atoms. The zero-order chi connectivity index (χ0) is 11.9. The van der Waals surface area contributed by atoms with Crippen LogP contribution in [0.4, 0.5) is 0 Å². The Balaban J connectivity index is 2.20. The van der Waals surface area contributed by atoms with Gasteiger partial charge in [-0.2, -0.15) is 0 Å². The Morgan fingerprint density at radius 3 is 2.56 bits per heavy atom. The summed E-state index contributed by atoms with van der Waals surface area (Å²) in [4.78, 5) is 13.2. The van der Waals surface area contributed by atoms with Gasteiger partial charge in [-0.25, -0.2) is 0 Å². The van der Waals surface area contributed by atoms with Crippen molar-refractivity contribution in [2.45, 2.75) is 12.5 Å². The summed E-state index contributed by atoms with van der Waals surface area (Å²) in [5, 5.41) is 28.3. The van der Waals surface area contributed by atoms with Crippen molar-refractivity contribution in [3.63, 3.8) is 0 Å². The maximum Gasteiger partial charge on any atom is 0.257 e. The number of hydrogen-bond donors (Lipinski definition) is 3. The highest BCUT2D eigenvalue weighted by Crippen LogP contribution is 2.31. The predicted molar refractivity (Wildman–Crippen MR) is 56.3 cm³/mol. The highest BCUT2D eigenvalue weighted by molar-refractivity contribution is 5.98. The Kier molecular flexibility index (Phi) is 2.27. The van der Waals surface area contributed by atoms with Crippen LogP contribution in [-0.4, -0.2) is 44.8 Å². The monoisotopic (exact) mass is 223 g/mol. The highest BCUT2D eigenvalue weighted by atomic mass is 16.3. The van der Waals surface area contributed by atoms with Crippen molar-refractivity contribution in [3.8, 4) is 11.5 Å². The second-order valence-corrected chi connectivity index (χ2v) is 4.33. The molecular formula is C11H13NO4. The fourth-order valence-electron chi connectivity index (χ4n) is 1.79. The minimum atomic E-state index is -0.845. The number of rotatable bonds is 1. The standard InChI is InChI=1S/C11H13NO4/c1-11(16)5-12(6-11)10(15)7-3-2-4-8(13)9(7)14/h2-4,13-14,16H,5-6H2,1H3. The van der Waals surface area contributed by atoms with Crippen molar-refractivity contribution in [3.05, 3.63) is 23.8 Å². The van der Waals surface area contributed by atoms with Gasteiger partial charge in [0.05, 0.1) is 24.3 Å². The van der Waals surface area contributed by atoms with Crippen molar-refractivity contribution in [1.82, 2.24) is 4.90 Å². The second-order valence-electron chi connectivity index (χ2n) is 4.33. The third kappa shape index (κ3) is 1.69. The van der Waals surface area contributed by atoms with E-state index >= 15 is 0 Å². The van der Waals surface area contributed by atoms with Crippen LogP contribution in [0.1, 0.15) is 17.3 Å². The molecule has 1 aliphatic heterocycles. The molecule has 0 aliphatic carbocycles. The van der Waals surface area contributed by atoms with E-state index in [4.69, 9.17) is 0 Å². The van der Waals surface area contributed by atoms with Crippen LogP contribution in [0.2, 0.25) is 0 Å². The van der Waals surface area contributed by atoms with Crippen molar-refractivity contribution in [2.24, 2.45) is 0 Å². The van der Waals surface area contributed by atoms with Crippen LogP contribution >= 0.6 is 0 Å². The van der Waals surface area contributed by atoms with Gasteiger partial charge in [0, 0.05) is 0 Å². The quantitative estimate of drug-likeness (QED) is 0.598. The minimum absolute atomic E-state index is 0.0514. The van der Waals surface area contributed by atoms with Gasteiger partial charge in [-0.05, 0) is 19.1 Å². The molecule has 0 saturated carbocycles. The van der Waals surface area contributed by atoms with Crippen LogP contribution in [0.5, 0.6) is 11.5 Å². The fourth-order valence-corrected chi connectivity index (χ4v) is 1.79. The normalized spacial score (nSPS) is 18.0. The molecule has 1 amide bonds. The Morgan fingerprint density at radius 1 is 1.38 bits per heavy atom. The lowest BCUT2D eigenvalue weighted by Crippen LogP contribution is -2.61. The molecule has 0 aromatic heterocycles. The summed E-state index contributed by atoms with van der Waals surface area (Å²) in [7, 11) is 0. The van der Waals surface area contributed by atoms with Crippen LogP contribution in [0, 0.1) is 0 Å². The molecule has 16 heavy (non-hydrogen) atoms. The van der Waals surface area contributed by atoms with E-state index in [1.54, 1.807) is 6.92 Å². The number of carbonyl (C=O) groups is 1. The first-order chi connectivity index (χ1) is 7.41. The second kappa shape index (κ2) is 3.38. The summed E-state index contributed by atoms with van der Waals surface area (Å²) in [6.07, 6.45) is 0.